The second kappa shape index (κ2) is 7.78. The summed E-state index contributed by atoms with van der Waals surface area (Å²) in [6.45, 7) is 1.77. The lowest BCUT2D eigenvalue weighted by Gasteiger charge is -2.23. The fourth-order valence-corrected chi connectivity index (χ4v) is 3.14. The highest BCUT2D eigenvalue weighted by molar-refractivity contribution is 6.02. The summed E-state index contributed by atoms with van der Waals surface area (Å²) in [5.41, 5.74) is 3.92. The van der Waals surface area contributed by atoms with Crippen LogP contribution in [0.5, 0.6) is 0 Å². The molecule has 1 aromatic carbocycles. The van der Waals surface area contributed by atoms with Crippen LogP contribution in [0.4, 0.5) is 0 Å². The molecule has 0 spiro atoms. The van der Waals surface area contributed by atoms with Gasteiger partial charge < -0.3 is 28.5 Å². The standard InChI is InChI=1S/C19H26N3O.HI/c1-22(2,3)14-12-17(23)18-16-11-7-8-13-21(16)20-19(18)15-9-5-4-6-10-15;/h4-6,9-10H,7-8,11-14H2,1-3H3;1H/q+1;/p-1. The number of quaternary nitrogens is 1. The lowest BCUT2D eigenvalue weighted by molar-refractivity contribution is -0.869. The van der Waals surface area contributed by atoms with Gasteiger partial charge >= 0.3 is 0 Å². The second-order valence-electron chi connectivity index (χ2n) is 7.40. The number of fused-ring (bicyclic) bond motifs is 1. The topological polar surface area (TPSA) is 34.9 Å². The van der Waals surface area contributed by atoms with E-state index in [-0.39, 0.29) is 29.8 Å². The van der Waals surface area contributed by atoms with Crippen LogP contribution in [-0.4, -0.2) is 47.7 Å². The maximum atomic E-state index is 13.0. The number of aromatic nitrogens is 2. The Morgan fingerprint density at radius 3 is 2.54 bits per heavy atom. The number of carbonyl (C=O) groups is 1. The molecule has 0 atom stereocenters. The highest BCUT2D eigenvalue weighted by atomic mass is 127. The van der Waals surface area contributed by atoms with Crippen LogP contribution in [0.15, 0.2) is 30.3 Å². The van der Waals surface area contributed by atoms with Crippen molar-refractivity contribution in [3.8, 4) is 11.3 Å². The molecule has 2 heterocycles. The molecule has 2 aromatic rings. The summed E-state index contributed by atoms with van der Waals surface area (Å²) in [6.07, 6.45) is 3.83. The van der Waals surface area contributed by atoms with Crippen molar-refractivity contribution < 1.29 is 33.3 Å². The number of rotatable bonds is 5. The Morgan fingerprint density at radius 1 is 1.17 bits per heavy atom. The van der Waals surface area contributed by atoms with Gasteiger partial charge in [0.15, 0.2) is 5.78 Å². The molecular weight excluding hydrogens is 413 g/mol. The summed E-state index contributed by atoms with van der Waals surface area (Å²) < 4.78 is 2.86. The first-order valence-corrected chi connectivity index (χ1v) is 8.44. The lowest BCUT2D eigenvalue weighted by atomic mass is 9.97. The van der Waals surface area contributed by atoms with E-state index in [1.165, 1.54) is 0 Å². The normalized spacial score (nSPS) is 14.0. The Kier molecular flexibility index (Phi) is 6.20. The van der Waals surface area contributed by atoms with Gasteiger partial charge in [-0.15, -0.1) is 0 Å². The van der Waals surface area contributed by atoms with Gasteiger partial charge in [-0.3, -0.25) is 9.48 Å². The molecule has 0 amide bonds. The molecule has 130 valence electrons. The van der Waals surface area contributed by atoms with Crippen LogP contribution in [0.25, 0.3) is 11.3 Å². The maximum Gasteiger partial charge on any atom is 0.172 e. The van der Waals surface area contributed by atoms with E-state index in [9.17, 15) is 4.79 Å². The average Bonchev–Trinajstić information content (AvgIpc) is 2.92. The summed E-state index contributed by atoms with van der Waals surface area (Å²) >= 11 is 0. The fourth-order valence-electron chi connectivity index (χ4n) is 3.14. The van der Waals surface area contributed by atoms with Crippen molar-refractivity contribution in [3.63, 3.8) is 0 Å². The average molecular weight is 439 g/mol. The molecule has 1 aromatic heterocycles. The van der Waals surface area contributed by atoms with Crippen LogP contribution in [0.1, 0.15) is 35.3 Å². The predicted molar refractivity (Wildman–Crippen MR) is 92.4 cm³/mol. The van der Waals surface area contributed by atoms with Crippen LogP contribution in [0.2, 0.25) is 0 Å². The number of hydrogen-bond donors (Lipinski definition) is 0. The molecule has 1 aliphatic rings. The molecule has 1 aliphatic heterocycles. The van der Waals surface area contributed by atoms with Gasteiger partial charge in [0.2, 0.25) is 0 Å². The van der Waals surface area contributed by atoms with E-state index in [0.29, 0.717) is 6.42 Å². The lowest BCUT2D eigenvalue weighted by Crippen LogP contribution is -3.00. The van der Waals surface area contributed by atoms with Gasteiger partial charge in [0.1, 0.15) is 5.69 Å². The Morgan fingerprint density at radius 2 is 1.88 bits per heavy atom. The van der Waals surface area contributed by atoms with Gasteiger partial charge in [-0.1, -0.05) is 30.3 Å². The fraction of sp³-hybridized carbons (Fsp3) is 0.474. The molecule has 5 heteroatoms. The monoisotopic (exact) mass is 439 g/mol. The van der Waals surface area contributed by atoms with Gasteiger partial charge in [0, 0.05) is 17.8 Å². The molecule has 0 radical (unpaired) electrons. The molecular formula is C19H26IN3O. The first-order valence-electron chi connectivity index (χ1n) is 8.44. The van der Waals surface area contributed by atoms with E-state index in [1.54, 1.807) is 0 Å². The third-order valence-corrected chi connectivity index (χ3v) is 4.43. The number of Topliss-reactive ketones (excluding diaryl/α,β-unsaturated/α-hetero) is 1. The van der Waals surface area contributed by atoms with Crippen molar-refractivity contribution in [3.05, 3.63) is 41.6 Å². The van der Waals surface area contributed by atoms with Gasteiger partial charge in [-0.2, -0.15) is 5.10 Å². The van der Waals surface area contributed by atoms with Crippen molar-refractivity contribution in [2.75, 3.05) is 27.7 Å². The first kappa shape index (κ1) is 19.1. The number of benzene rings is 1. The van der Waals surface area contributed by atoms with Crippen LogP contribution < -0.4 is 24.0 Å². The molecule has 0 unspecified atom stereocenters. The highest BCUT2D eigenvalue weighted by Gasteiger charge is 2.26. The van der Waals surface area contributed by atoms with E-state index in [4.69, 9.17) is 5.10 Å². The van der Waals surface area contributed by atoms with Crippen LogP contribution in [-0.2, 0) is 13.0 Å². The Hall–Kier alpha value is -1.21. The van der Waals surface area contributed by atoms with Gasteiger partial charge in [0.25, 0.3) is 0 Å². The molecule has 24 heavy (non-hydrogen) atoms. The van der Waals surface area contributed by atoms with E-state index in [0.717, 1.165) is 59.3 Å². The first-order chi connectivity index (χ1) is 11.0. The highest BCUT2D eigenvalue weighted by Crippen LogP contribution is 2.30. The predicted octanol–water partition coefficient (Wildman–Crippen LogP) is 0.169. The van der Waals surface area contributed by atoms with Gasteiger partial charge in [-0.25, -0.2) is 0 Å². The second-order valence-corrected chi connectivity index (χ2v) is 7.40. The Labute approximate surface area is 161 Å². The molecule has 4 nitrogen and oxygen atoms in total. The van der Waals surface area contributed by atoms with Gasteiger partial charge in [0.05, 0.1) is 39.7 Å². The van der Waals surface area contributed by atoms with Gasteiger partial charge in [-0.05, 0) is 19.3 Å². The number of aryl methyl sites for hydroxylation is 1. The van der Waals surface area contributed by atoms with E-state index in [1.807, 2.05) is 30.3 Å². The van der Waals surface area contributed by atoms with E-state index in [2.05, 4.69) is 25.8 Å². The molecule has 0 N–H and O–H groups in total. The minimum atomic E-state index is 0. The van der Waals surface area contributed by atoms with Crippen molar-refractivity contribution in [1.82, 2.24) is 9.78 Å². The number of halogens is 1. The number of carbonyl (C=O) groups excluding carboxylic acids is 1. The zero-order valence-electron chi connectivity index (χ0n) is 14.8. The van der Waals surface area contributed by atoms with Crippen molar-refractivity contribution in [1.29, 1.82) is 0 Å². The summed E-state index contributed by atoms with van der Waals surface area (Å²) in [7, 11) is 6.37. The molecule has 0 fully saturated rings. The van der Waals surface area contributed by atoms with Crippen LogP contribution in [0, 0.1) is 0 Å². The summed E-state index contributed by atoms with van der Waals surface area (Å²) in [5.74, 6) is 0.236. The minimum Gasteiger partial charge on any atom is -1.00 e. The van der Waals surface area contributed by atoms with Crippen LogP contribution >= 0.6 is 0 Å². The number of nitrogens with zero attached hydrogens (tertiary/aromatic N) is 3. The smallest absolute Gasteiger partial charge is 0.172 e. The summed E-state index contributed by atoms with van der Waals surface area (Å²) in [4.78, 5) is 13.0. The minimum absolute atomic E-state index is 0. The maximum absolute atomic E-state index is 13.0. The third-order valence-electron chi connectivity index (χ3n) is 4.43. The molecule has 3 rings (SSSR count). The Bertz CT molecular complexity index is 701. The molecule has 0 bridgehead atoms. The Balaban J connectivity index is 0.00000208. The van der Waals surface area contributed by atoms with Crippen molar-refractivity contribution >= 4 is 5.78 Å². The van der Waals surface area contributed by atoms with Crippen molar-refractivity contribution in [2.24, 2.45) is 0 Å². The summed E-state index contributed by atoms with van der Waals surface area (Å²) in [6, 6.07) is 10.1. The SMILES string of the molecule is C[N+](C)(C)CCC(=O)c1c(-c2ccccc2)nn2c1CCCC2.[I-]. The largest absolute Gasteiger partial charge is 1.00 e. The summed E-state index contributed by atoms with van der Waals surface area (Å²) in [5, 5.41) is 4.78. The molecule has 0 saturated heterocycles. The molecule has 0 aliphatic carbocycles. The van der Waals surface area contributed by atoms with Crippen molar-refractivity contribution in [2.45, 2.75) is 32.2 Å². The molecule has 0 saturated carbocycles. The van der Waals surface area contributed by atoms with Crippen LogP contribution in [0.3, 0.4) is 0 Å². The van der Waals surface area contributed by atoms with E-state index >= 15 is 0 Å². The van der Waals surface area contributed by atoms with E-state index < -0.39 is 0 Å². The zero-order valence-corrected chi connectivity index (χ0v) is 16.9. The number of ketones is 1. The quantitative estimate of drug-likeness (QED) is 0.379. The third kappa shape index (κ3) is 4.25. The number of hydrogen-bond acceptors (Lipinski definition) is 2. The zero-order chi connectivity index (χ0) is 16.4.